The molecule has 2 fully saturated rings. The molecular weight excluding hydrogens is 373 g/mol. The zero-order chi connectivity index (χ0) is 14.7. The second-order valence-electron chi connectivity index (χ2n) is 6.70. The second kappa shape index (κ2) is 6.97. The van der Waals surface area contributed by atoms with E-state index in [4.69, 9.17) is 0 Å². The number of rotatable bonds is 4. The molecule has 1 atom stereocenters. The Morgan fingerprint density at radius 2 is 1.62 bits per heavy atom. The standard InChI is InChI=1S/C18H26INO/c19-16-8-6-15(7-9-16)14-17(21)18(10-2-3-11-18)20-12-4-1-5-13-20/h6-9,17,21H,1-5,10-14H2. The van der Waals surface area contributed by atoms with Crippen LogP contribution in [0.2, 0.25) is 0 Å². The number of halogens is 1. The topological polar surface area (TPSA) is 23.5 Å². The maximum Gasteiger partial charge on any atom is 0.0764 e. The first-order valence-corrected chi connectivity index (χ1v) is 9.46. The smallest absolute Gasteiger partial charge is 0.0764 e. The zero-order valence-electron chi connectivity index (χ0n) is 12.7. The Morgan fingerprint density at radius 1 is 1.00 bits per heavy atom. The van der Waals surface area contributed by atoms with Gasteiger partial charge in [-0.3, -0.25) is 4.90 Å². The summed E-state index contributed by atoms with van der Waals surface area (Å²) in [6.45, 7) is 2.37. The van der Waals surface area contributed by atoms with Crippen LogP contribution in [0.15, 0.2) is 24.3 Å². The zero-order valence-corrected chi connectivity index (χ0v) is 14.9. The lowest BCUT2D eigenvalue weighted by Gasteiger charge is -2.46. The van der Waals surface area contributed by atoms with E-state index < -0.39 is 0 Å². The third-order valence-corrected chi connectivity index (χ3v) is 6.14. The third-order valence-electron chi connectivity index (χ3n) is 5.42. The van der Waals surface area contributed by atoms with E-state index in [0.717, 1.165) is 6.42 Å². The molecular formula is C18H26INO. The molecule has 1 heterocycles. The van der Waals surface area contributed by atoms with Crippen molar-refractivity contribution in [2.75, 3.05) is 13.1 Å². The van der Waals surface area contributed by atoms with Crippen molar-refractivity contribution in [1.29, 1.82) is 0 Å². The first kappa shape index (κ1) is 15.8. The maximum atomic E-state index is 11.0. The highest BCUT2D eigenvalue weighted by Gasteiger charge is 2.45. The molecule has 1 aromatic carbocycles. The highest BCUT2D eigenvalue weighted by molar-refractivity contribution is 14.1. The molecule has 1 saturated heterocycles. The first-order valence-electron chi connectivity index (χ1n) is 8.38. The Hall–Kier alpha value is -0.130. The number of nitrogens with zero attached hydrogens (tertiary/aromatic N) is 1. The van der Waals surface area contributed by atoms with Crippen LogP contribution in [-0.2, 0) is 6.42 Å². The molecule has 3 rings (SSSR count). The highest BCUT2D eigenvalue weighted by Crippen LogP contribution is 2.40. The first-order chi connectivity index (χ1) is 10.2. The van der Waals surface area contributed by atoms with Gasteiger partial charge in [-0.05, 0) is 79.1 Å². The van der Waals surface area contributed by atoms with Crippen molar-refractivity contribution in [1.82, 2.24) is 4.90 Å². The van der Waals surface area contributed by atoms with E-state index in [9.17, 15) is 5.11 Å². The number of aliphatic hydroxyl groups is 1. The van der Waals surface area contributed by atoms with Gasteiger partial charge in [-0.25, -0.2) is 0 Å². The molecule has 1 aliphatic carbocycles. The Morgan fingerprint density at radius 3 is 2.24 bits per heavy atom. The molecule has 1 N–H and O–H groups in total. The number of piperidine rings is 1. The van der Waals surface area contributed by atoms with Crippen LogP contribution in [0.5, 0.6) is 0 Å². The van der Waals surface area contributed by atoms with Crippen LogP contribution >= 0.6 is 22.6 Å². The molecule has 21 heavy (non-hydrogen) atoms. The van der Waals surface area contributed by atoms with Crippen molar-refractivity contribution >= 4 is 22.6 Å². The van der Waals surface area contributed by atoms with Gasteiger partial charge >= 0.3 is 0 Å². The summed E-state index contributed by atoms with van der Waals surface area (Å²) in [7, 11) is 0. The van der Waals surface area contributed by atoms with Gasteiger partial charge in [0.15, 0.2) is 0 Å². The lowest BCUT2D eigenvalue weighted by molar-refractivity contribution is -0.0380. The normalized spacial score (nSPS) is 24.1. The molecule has 0 aromatic heterocycles. The summed E-state index contributed by atoms with van der Waals surface area (Å²) in [5, 5.41) is 11.0. The number of likely N-dealkylation sites (tertiary alicyclic amines) is 1. The summed E-state index contributed by atoms with van der Waals surface area (Å²) in [5.74, 6) is 0. The lowest BCUT2D eigenvalue weighted by atomic mass is 9.83. The third kappa shape index (κ3) is 3.45. The fraction of sp³-hybridized carbons (Fsp3) is 0.667. The van der Waals surface area contributed by atoms with E-state index in [-0.39, 0.29) is 11.6 Å². The molecule has 1 saturated carbocycles. The number of hydrogen-bond acceptors (Lipinski definition) is 2. The number of hydrogen-bond donors (Lipinski definition) is 1. The van der Waals surface area contributed by atoms with Crippen molar-refractivity contribution < 1.29 is 5.11 Å². The molecule has 3 heteroatoms. The summed E-state index contributed by atoms with van der Waals surface area (Å²) in [6.07, 6.45) is 9.46. The van der Waals surface area contributed by atoms with Gasteiger partial charge in [0, 0.05) is 15.5 Å². The highest BCUT2D eigenvalue weighted by atomic mass is 127. The van der Waals surface area contributed by atoms with Crippen molar-refractivity contribution in [2.45, 2.75) is 63.0 Å². The molecule has 2 aliphatic rings. The summed E-state index contributed by atoms with van der Waals surface area (Å²) in [5.41, 5.74) is 1.33. The molecule has 0 bridgehead atoms. The Bertz CT molecular complexity index is 447. The Labute approximate surface area is 142 Å². The molecule has 1 aromatic rings. The van der Waals surface area contributed by atoms with Crippen LogP contribution in [0.25, 0.3) is 0 Å². The van der Waals surface area contributed by atoms with Gasteiger partial charge in [0.1, 0.15) is 0 Å². The molecule has 2 nitrogen and oxygen atoms in total. The fourth-order valence-electron chi connectivity index (χ4n) is 4.22. The molecule has 0 spiro atoms. The van der Waals surface area contributed by atoms with Crippen LogP contribution in [0.4, 0.5) is 0 Å². The van der Waals surface area contributed by atoms with E-state index in [2.05, 4.69) is 51.8 Å². The van der Waals surface area contributed by atoms with Gasteiger partial charge in [0.25, 0.3) is 0 Å². The minimum Gasteiger partial charge on any atom is -0.391 e. The fourth-order valence-corrected chi connectivity index (χ4v) is 4.58. The van der Waals surface area contributed by atoms with Crippen molar-refractivity contribution in [2.24, 2.45) is 0 Å². The van der Waals surface area contributed by atoms with E-state index in [1.807, 2.05) is 0 Å². The van der Waals surface area contributed by atoms with E-state index in [1.165, 1.54) is 67.2 Å². The van der Waals surface area contributed by atoms with Gasteiger partial charge in [0.2, 0.25) is 0 Å². The summed E-state index contributed by atoms with van der Waals surface area (Å²) in [6, 6.07) is 8.63. The van der Waals surface area contributed by atoms with Gasteiger partial charge in [-0.2, -0.15) is 0 Å². The predicted octanol–water partition coefficient (Wildman–Crippen LogP) is 3.99. The quantitative estimate of drug-likeness (QED) is 0.774. The minimum atomic E-state index is -0.224. The molecule has 0 amide bonds. The van der Waals surface area contributed by atoms with Crippen LogP contribution in [0, 0.1) is 3.57 Å². The predicted molar refractivity (Wildman–Crippen MR) is 95.5 cm³/mol. The molecule has 1 aliphatic heterocycles. The average molecular weight is 399 g/mol. The van der Waals surface area contributed by atoms with Gasteiger partial charge in [0.05, 0.1) is 6.10 Å². The Kier molecular flexibility index (Phi) is 5.23. The lowest BCUT2D eigenvalue weighted by Crippen LogP contribution is -2.57. The SMILES string of the molecule is OC(Cc1ccc(I)cc1)C1(N2CCCCC2)CCCC1. The summed E-state index contributed by atoms with van der Waals surface area (Å²) >= 11 is 2.34. The van der Waals surface area contributed by atoms with Crippen LogP contribution < -0.4 is 0 Å². The van der Waals surface area contributed by atoms with E-state index >= 15 is 0 Å². The summed E-state index contributed by atoms with van der Waals surface area (Å²) in [4.78, 5) is 2.63. The maximum absolute atomic E-state index is 11.0. The van der Waals surface area contributed by atoms with E-state index in [1.54, 1.807) is 0 Å². The van der Waals surface area contributed by atoms with Gasteiger partial charge < -0.3 is 5.11 Å². The second-order valence-corrected chi connectivity index (χ2v) is 7.95. The summed E-state index contributed by atoms with van der Waals surface area (Å²) < 4.78 is 1.26. The molecule has 0 radical (unpaired) electrons. The molecule has 116 valence electrons. The number of aliphatic hydroxyl groups excluding tert-OH is 1. The van der Waals surface area contributed by atoms with Gasteiger partial charge in [-0.1, -0.05) is 31.4 Å². The van der Waals surface area contributed by atoms with Crippen LogP contribution in [0.1, 0.15) is 50.5 Å². The Balaban J connectivity index is 1.74. The van der Waals surface area contributed by atoms with Crippen molar-refractivity contribution in [3.05, 3.63) is 33.4 Å². The molecule has 1 unspecified atom stereocenters. The number of benzene rings is 1. The van der Waals surface area contributed by atoms with Gasteiger partial charge in [-0.15, -0.1) is 0 Å². The monoisotopic (exact) mass is 399 g/mol. The minimum absolute atomic E-state index is 0.0589. The van der Waals surface area contributed by atoms with E-state index in [0.29, 0.717) is 0 Å². The average Bonchev–Trinajstić information content (AvgIpc) is 3.01. The largest absolute Gasteiger partial charge is 0.391 e. The van der Waals surface area contributed by atoms with Crippen molar-refractivity contribution in [3.63, 3.8) is 0 Å². The van der Waals surface area contributed by atoms with Crippen LogP contribution in [-0.4, -0.2) is 34.7 Å². The van der Waals surface area contributed by atoms with Crippen molar-refractivity contribution in [3.8, 4) is 0 Å². The van der Waals surface area contributed by atoms with Crippen LogP contribution in [0.3, 0.4) is 0 Å².